The van der Waals surface area contributed by atoms with Crippen LogP contribution < -0.4 is 5.73 Å². The Kier molecular flexibility index (Phi) is 3.56. The molecule has 0 radical (unpaired) electrons. The third kappa shape index (κ3) is 2.36. The molecular weight excluding hydrogens is 276 g/mol. The van der Waals surface area contributed by atoms with Crippen LogP contribution in [0.2, 0.25) is 5.02 Å². The number of nitrogens with two attached hydrogens (primary N) is 1. The Morgan fingerprint density at radius 3 is 3.10 bits per heavy atom. The number of piperazine rings is 1. The van der Waals surface area contributed by atoms with Gasteiger partial charge < -0.3 is 10.6 Å². The number of pyridine rings is 1. The Morgan fingerprint density at radius 1 is 1.50 bits per heavy atom. The monoisotopic (exact) mass is 294 g/mol. The molecule has 2 atom stereocenters. The molecule has 2 aliphatic rings. The fourth-order valence-electron chi connectivity index (χ4n) is 3.24. The van der Waals surface area contributed by atoms with Crippen molar-refractivity contribution >= 4 is 23.3 Å². The molecule has 108 valence electrons. The normalized spacial score (nSPS) is 26.6. The summed E-state index contributed by atoms with van der Waals surface area (Å²) in [6.07, 6.45) is 3.84. The summed E-state index contributed by atoms with van der Waals surface area (Å²) in [6, 6.07) is 2.26. The van der Waals surface area contributed by atoms with Crippen LogP contribution in [-0.2, 0) is 0 Å². The Morgan fingerprint density at radius 2 is 2.30 bits per heavy atom. The van der Waals surface area contributed by atoms with Crippen molar-refractivity contribution in [3.8, 4) is 0 Å². The molecule has 2 N–H and O–H groups in total. The van der Waals surface area contributed by atoms with E-state index in [4.69, 9.17) is 17.3 Å². The van der Waals surface area contributed by atoms with Gasteiger partial charge >= 0.3 is 0 Å². The summed E-state index contributed by atoms with van der Waals surface area (Å²) in [6.45, 7) is 4.96. The summed E-state index contributed by atoms with van der Waals surface area (Å²) in [5.41, 5.74) is 6.12. The first-order valence-electron chi connectivity index (χ1n) is 7.02. The number of amides is 1. The van der Waals surface area contributed by atoms with E-state index in [2.05, 4.69) is 16.8 Å². The number of fused-ring (bicyclic) bond motifs is 1. The maximum absolute atomic E-state index is 12.7. The number of aromatic nitrogens is 1. The molecule has 0 aromatic carbocycles. The van der Waals surface area contributed by atoms with Crippen LogP contribution in [0.3, 0.4) is 0 Å². The fraction of sp³-hybridized carbons (Fsp3) is 0.571. The van der Waals surface area contributed by atoms with E-state index >= 15 is 0 Å². The predicted molar refractivity (Wildman–Crippen MR) is 78.8 cm³/mol. The molecule has 6 heteroatoms. The van der Waals surface area contributed by atoms with E-state index in [1.807, 2.05) is 4.90 Å². The van der Waals surface area contributed by atoms with Crippen molar-refractivity contribution in [2.75, 3.05) is 25.4 Å². The molecular formula is C14H19ClN4O. The number of hydrogen-bond acceptors (Lipinski definition) is 4. The molecule has 0 bridgehead atoms. The van der Waals surface area contributed by atoms with Gasteiger partial charge in [0.05, 0.1) is 10.6 Å². The van der Waals surface area contributed by atoms with E-state index in [1.165, 1.54) is 19.0 Å². The number of carbonyl (C=O) groups excluding carboxylic acids is 1. The molecule has 5 nitrogen and oxygen atoms in total. The smallest absolute Gasteiger partial charge is 0.255 e. The molecule has 0 aliphatic carbocycles. The van der Waals surface area contributed by atoms with Gasteiger partial charge in [-0.2, -0.15) is 0 Å². The molecule has 1 aromatic rings. The second kappa shape index (κ2) is 5.22. The highest BCUT2D eigenvalue weighted by molar-refractivity contribution is 6.33. The van der Waals surface area contributed by atoms with Crippen molar-refractivity contribution in [2.45, 2.75) is 31.8 Å². The SMILES string of the molecule is CC1CN2CCCC2CN1C(=O)c1cc(N)ncc1Cl. The summed E-state index contributed by atoms with van der Waals surface area (Å²) < 4.78 is 0. The first-order valence-corrected chi connectivity index (χ1v) is 7.40. The second-order valence-electron chi connectivity index (χ2n) is 5.69. The van der Waals surface area contributed by atoms with Crippen LogP contribution in [0.25, 0.3) is 0 Å². The molecule has 3 rings (SSSR count). The van der Waals surface area contributed by atoms with Gasteiger partial charge in [-0.25, -0.2) is 4.98 Å². The van der Waals surface area contributed by atoms with E-state index < -0.39 is 0 Å². The number of nitrogen functional groups attached to an aromatic ring is 1. The van der Waals surface area contributed by atoms with Gasteiger partial charge in [0.25, 0.3) is 5.91 Å². The average Bonchev–Trinajstić information content (AvgIpc) is 2.87. The van der Waals surface area contributed by atoms with Gasteiger partial charge in [0.15, 0.2) is 0 Å². The van der Waals surface area contributed by atoms with Gasteiger partial charge in [-0.15, -0.1) is 0 Å². The third-order valence-corrected chi connectivity index (χ3v) is 4.61. The minimum atomic E-state index is -0.0387. The highest BCUT2D eigenvalue weighted by Gasteiger charge is 2.37. The molecule has 2 fully saturated rings. The largest absolute Gasteiger partial charge is 0.384 e. The Bertz CT molecular complexity index is 536. The van der Waals surface area contributed by atoms with Gasteiger partial charge in [0, 0.05) is 31.4 Å². The van der Waals surface area contributed by atoms with E-state index in [0.29, 0.717) is 22.4 Å². The zero-order chi connectivity index (χ0) is 14.3. The van der Waals surface area contributed by atoms with Crippen LogP contribution in [0, 0.1) is 0 Å². The van der Waals surface area contributed by atoms with Crippen molar-refractivity contribution in [2.24, 2.45) is 0 Å². The zero-order valence-electron chi connectivity index (χ0n) is 11.6. The maximum atomic E-state index is 12.7. The molecule has 0 spiro atoms. The number of anilines is 1. The lowest BCUT2D eigenvalue weighted by molar-refractivity contribution is 0.0395. The maximum Gasteiger partial charge on any atom is 0.255 e. The highest BCUT2D eigenvalue weighted by Crippen LogP contribution is 2.27. The van der Waals surface area contributed by atoms with Crippen molar-refractivity contribution in [1.29, 1.82) is 0 Å². The minimum absolute atomic E-state index is 0.0387. The lowest BCUT2D eigenvalue weighted by Crippen LogP contribution is -2.56. The first-order chi connectivity index (χ1) is 9.56. The summed E-state index contributed by atoms with van der Waals surface area (Å²) in [5.74, 6) is 0.285. The lowest BCUT2D eigenvalue weighted by Gasteiger charge is -2.42. The fourth-order valence-corrected chi connectivity index (χ4v) is 3.43. The second-order valence-corrected chi connectivity index (χ2v) is 6.09. The summed E-state index contributed by atoms with van der Waals surface area (Å²) >= 11 is 6.09. The van der Waals surface area contributed by atoms with Crippen molar-refractivity contribution < 1.29 is 4.79 Å². The van der Waals surface area contributed by atoms with Crippen molar-refractivity contribution in [1.82, 2.24) is 14.8 Å². The van der Waals surface area contributed by atoms with Gasteiger partial charge in [-0.05, 0) is 32.4 Å². The third-order valence-electron chi connectivity index (χ3n) is 4.31. The topological polar surface area (TPSA) is 62.5 Å². The summed E-state index contributed by atoms with van der Waals surface area (Å²) in [7, 11) is 0. The van der Waals surface area contributed by atoms with Crippen LogP contribution in [0.1, 0.15) is 30.1 Å². The van der Waals surface area contributed by atoms with Gasteiger partial charge in [-0.1, -0.05) is 11.6 Å². The predicted octanol–water partition coefficient (Wildman–Crippen LogP) is 1.63. The molecule has 1 aromatic heterocycles. The average molecular weight is 295 g/mol. The van der Waals surface area contributed by atoms with Crippen LogP contribution in [0.15, 0.2) is 12.3 Å². The number of hydrogen-bond donors (Lipinski definition) is 1. The first kappa shape index (κ1) is 13.6. The lowest BCUT2D eigenvalue weighted by atomic mass is 10.1. The summed E-state index contributed by atoms with van der Waals surface area (Å²) in [5, 5.41) is 0.366. The van der Waals surface area contributed by atoms with Crippen LogP contribution in [-0.4, -0.2) is 52.4 Å². The number of rotatable bonds is 1. The van der Waals surface area contributed by atoms with Gasteiger partial charge in [-0.3, -0.25) is 9.69 Å². The van der Waals surface area contributed by atoms with Gasteiger partial charge in [0.2, 0.25) is 0 Å². The molecule has 0 saturated carbocycles. The Balaban J connectivity index is 1.84. The van der Waals surface area contributed by atoms with E-state index in [0.717, 1.165) is 19.6 Å². The molecule has 1 amide bonds. The Labute approximate surface area is 123 Å². The van der Waals surface area contributed by atoms with Crippen LogP contribution in [0.4, 0.5) is 5.82 Å². The van der Waals surface area contributed by atoms with E-state index in [1.54, 1.807) is 6.07 Å². The van der Waals surface area contributed by atoms with Crippen molar-refractivity contribution in [3.63, 3.8) is 0 Å². The summed E-state index contributed by atoms with van der Waals surface area (Å²) in [4.78, 5) is 21.0. The van der Waals surface area contributed by atoms with Crippen molar-refractivity contribution in [3.05, 3.63) is 22.8 Å². The number of carbonyl (C=O) groups is 1. The standard InChI is InChI=1S/C14H19ClN4O/c1-9-7-18-4-2-3-10(18)8-19(9)14(20)11-5-13(16)17-6-12(11)15/h5-6,9-10H,2-4,7-8H2,1H3,(H2,16,17). The highest BCUT2D eigenvalue weighted by atomic mass is 35.5. The quantitative estimate of drug-likeness (QED) is 0.855. The van der Waals surface area contributed by atoms with Crippen LogP contribution in [0.5, 0.6) is 0 Å². The molecule has 2 aliphatic heterocycles. The van der Waals surface area contributed by atoms with E-state index in [-0.39, 0.29) is 11.9 Å². The molecule has 3 heterocycles. The van der Waals surface area contributed by atoms with E-state index in [9.17, 15) is 4.79 Å². The van der Waals surface area contributed by atoms with Crippen LogP contribution >= 0.6 is 11.6 Å². The number of nitrogens with zero attached hydrogens (tertiary/aromatic N) is 3. The zero-order valence-corrected chi connectivity index (χ0v) is 12.3. The van der Waals surface area contributed by atoms with Gasteiger partial charge in [0.1, 0.15) is 5.82 Å². The molecule has 2 saturated heterocycles. The number of halogens is 1. The molecule has 2 unspecified atom stereocenters. The molecule has 20 heavy (non-hydrogen) atoms. The minimum Gasteiger partial charge on any atom is -0.384 e. The Hall–Kier alpha value is -1.33.